The first kappa shape index (κ1) is 28.8. The fraction of sp³-hybridized carbons (Fsp3) is 0.280. The lowest BCUT2D eigenvalue weighted by Crippen LogP contribution is -2.56. The molecule has 0 radical (unpaired) electrons. The number of halogens is 7. The average molecular weight is 672 g/mol. The summed E-state index contributed by atoms with van der Waals surface area (Å²) in [5, 5.41) is 1.06. The second-order valence-corrected chi connectivity index (χ2v) is 12.8. The largest absolute Gasteiger partial charge is 0.497 e. The van der Waals surface area contributed by atoms with Crippen molar-refractivity contribution < 1.29 is 23.9 Å². The molecule has 1 saturated carbocycles. The summed E-state index contributed by atoms with van der Waals surface area (Å²) in [6, 6.07) is 11.7. The number of hydrogen-bond acceptors (Lipinski definition) is 5. The molecule has 0 aromatic heterocycles. The van der Waals surface area contributed by atoms with Crippen molar-refractivity contribution in [3.8, 4) is 5.75 Å². The average Bonchev–Trinajstić information content (AvgIpc) is 3.30. The van der Waals surface area contributed by atoms with Crippen LogP contribution in [0.4, 0.5) is 0 Å². The summed E-state index contributed by atoms with van der Waals surface area (Å²) < 4.78 is 2.97. The van der Waals surface area contributed by atoms with E-state index in [1.54, 1.807) is 12.1 Å². The highest BCUT2D eigenvalue weighted by molar-refractivity contribution is 6.66. The van der Waals surface area contributed by atoms with Crippen molar-refractivity contribution in [2.75, 3.05) is 13.7 Å². The molecule has 39 heavy (non-hydrogen) atoms. The van der Waals surface area contributed by atoms with E-state index in [2.05, 4.69) is 0 Å². The summed E-state index contributed by atoms with van der Waals surface area (Å²) in [6.07, 6.45) is 0. The fourth-order valence-electron chi connectivity index (χ4n) is 5.20. The third-order valence-electron chi connectivity index (χ3n) is 7.16. The molecule has 0 N–H and O–H groups in total. The zero-order chi connectivity index (χ0) is 28.7. The van der Waals surface area contributed by atoms with E-state index >= 15 is 0 Å². The van der Waals surface area contributed by atoms with Crippen molar-refractivity contribution in [2.45, 2.75) is 14.1 Å². The molecule has 1 heterocycles. The molecule has 1 saturated heterocycles. The van der Waals surface area contributed by atoms with Crippen molar-refractivity contribution in [3.05, 3.63) is 74.7 Å². The zero-order valence-corrected chi connectivity index (χ0v) is 24.9. The fourth-order valence-corrected chi connectivity index (χ4v) is 8.25. The molecule has 0 unspecified atom stereocenters. The topological polar surface area (TPSA) is 84.0 Å². The van der Waals surface area contributed by atoms with E-state index in [1.165, 1.54) is 43.5 Å². The first-order chi connectivity index (χ1) is 18.2. The first-order valence-corrected chi connectivity index (χ1v) is 13.8. The van der Waals surface area contributed by atoms with Gasteiger partial charge in [0.1, 0.15) is 22.0 Å². The predicted molar refractivity (Wildman–Crippen MR) is 149 cm³/mol. The number of amides is 3. The van der Waals surface area contributed by atoms with E-state index in [-0.39, 0.29) is 21.2 Å². The van der Waals surface area contributed by atoms with Gasteiger partial charge in [-0.15, -0.1) is 23.2 Å². The van der Waals surface area contributed by atoms with Gasteiger partial charge in [-0.05, 0) is 48.5 Å². The third kappa shape index (κ3) is 3.78. The van der Waals surface area contributed by atoms with Crippen LogP contribution in [-0.4, -0.2) is 61.3 Å². The molecule has 2 aromatic carbocycles. The molecular formula is C25H15Cl7N2O5. The maximum atomic E-state index is 13.9. The first-order valence-electron chi connectivity index (χ1n) is 11.2. The van der Waals surface area contributed by atoms with E-state index < -0.39 is 56.0 Å². The number of hydrazine groups is 1. The summed E-state index contributed by atoms with van der Waals surface area (Å²) in [4.78, 5) is 50.6. The van der Waals surface area contributed by atoms with Crippen LogP contribution < -0.4 is 4.74 Å². The molecule has 2 aliphatic carbocycles. The molecule has 4 atom stereocenters. The second-order valence-electron chi connectivity index (χ2n) is 9.09. The Morgan fingerprint density at radius 2 is 1.28 bits per heavy atom. The van der Waals surface area contributed by atoms with Gasteiger partial charge >= 0.3 is 0 Å². The Kier molecular flexibility index (Phi) is 7.16. The van der Waals surface area contributed by atoms with Gasteiger partial charge in [0.2, 0.25) is 0 Å². The van der Waals surface area contributed by atoms with Crippen LogP contribution in [0.3, 0.4) is 0 Å². The highest BCUT2D eigenvalue weighted by Crippen LogP contribution is 2.77. The number of imide groups is 1. The zero-order valence-electron chi connectivity index (χ0n) is 19.6. The minimum Gasteiger partial charge on any atom is -0.497 e. The molecule has 7 nitrogen and oxygen atoms in total. The molecule has 3 aliphatic rings. The number of carbonyl (C=O) groups excluding carboxylic acids is 4. The van der Waals surface area contributed by atoms with Crippen molar-refractivity contribution in [3.63, 3.8) is 0 Å². The number of carbonyl (C=O) groups is 4. The number of benzene rings is 2. The van der Waals surface area contributed by atoms with E-state index in [1.807, 2.05) is 0 Å². The maximum absolute atomic E-state index is 13.9. The molecule has 0 spiro atoms. The standard InChI is InChI=1S/C25H15Cl7N2O5/c1-39-14-8-4-11(5-9-14)15(35)10-33(20(36)12-2-6-13(26)7-3-12)34-21(37)16-17(22(34)38)24(30)19(28)18(27)23(16,29)25(24,31)32/h2-9,16-17H,10H2,1H3/t16-,17-,23-,24-/m1/s1. The van der Waals surface area contributed by atoms with E-state index in [4.69, 9.17) is 85.9 Å². The van der Waals surface area contributed by atoms with Crippen molar-refractivity contribution in [1.82, 2.24) is 10.0 Å². The molecule has 2 aromatic rings. The Bertz CT molecular complexity index is 1420. The predicted octanol–water partition coefficient (Wildman–Crippen LogP) is 6.04. The minimum absolute atomic E-state index is 0.0435. The smallest absolute Gasteiger partial charge is 0.273 e. The summed E-state index contributed by atoms with van der Waals surface area (Å²) >= 11 is 45.3. The lowest BCUT2D eigenvalue weighted by molar-refractivity contribution is -0.154. The molecule has 14 heteroatoms. The van der Waals surface area contributed by atoms with Crippen LogP contribution >= 0.6 is 81.2 Å². The number of ether oxygens (including phenoxy) is 1. The lowest BCUT2D eigenvalue weighted by atomic mass is 9.84. The van der Waals surface area contributed by atoms with Crippen LogP contribution in [0.1, 0.15) is 20.7 Å². The van der Waals surface area contributed by atoms with Crippen molar-refractivity contribution >= 4 is 105 Å². The molecular weight excluding hydrogens is 656 g/mol. The normalized spacial score (nSPS) is 28.7. The van der Waals surface area contributed by atoms with Crippen molar-refractivity contribution in [2.24, 2.45) is 11.8 Å². The number of allylic oxidation sites excluding steroid dienone is 2. The summed E-state index contributed by atoms with van der Waals surface area (Å²) in [5.74, 6) is -5.83. The van der Waals surface area contributed by atoms with E-state index in [9.17, 15) is 19.2 Å². The highest BCUT2D eigenvalue weighted by atomic mass is 35.5. The monoisotopic (exact) mass is 668 g/mol. The minimum atomic E-state index is -2.14. The Morgan fingerprint density at radius 1 is 0.821 bits per heavy atom. The number of alkyl halides is 4. The summed E-state index contributed by atoms with van der Waals surface area (Å²) in [7, 11) is 1.47. The van der Waals surface area contributed by atoms with Gasteiger partial charge in [0.15, 0.2) is 10.1 Å². The van der Waals surface area contributed by atoms with Gasteiger partial charge in [-0.3, -0.25) is 19.2 Å². The Labute approximate surface area is 257 Å². The summed E-state index contributed by atoms with van der Waals surface area (Å²) in [6.45, 7) is -0.697. The van der Waals surface area contributed by atoms with Gasteiger partial charge in [-0.2, -0.15) is 5.01 Å². The van der Waals surface area contributed by atoms with Crippen LogP contribution in [0.2, 0.25) is 5.02 Å². The van der Waals surface area contributed by atoms with Crippen LogP contribution in [-0.2, 0) is 9.59 Å². The molecule has 2 fully saturated rings. The van der Waals surface area contributed by atoms with Gasteiger partial charge in [-0.25, -0.2) is 5.01 Å². The number of Topliss-reactive ketones (excluding diaryl/α,β-unsaturated/α-hetero) is 1. The van der Waals surface area contributed by atoms with Gasteiger partial charge in [-0.1, -0.05) is 58.0 Å². The molecule has 2 bridgehead atoms. The van der Waals surface area contributed by atoms with Gasteiger partial charge in [0.05, 0.1) is 29.0 Å². The maximum Gasteiger partial charge on any atom is 0.273 e. The molecule has 3 amide bonds. The quantitative estimate of drug-likeness (QED) is 0.213. The number of hydrogen-bond donors (Lipinski definition) is 0. The number of nitrogens with zero attached hydrogens (tertiary/aromatic N) is 2. The third-order valence-corrected chi connectivity index (χ3v) is 11.7. The Balaban J connectivity index is 1.58. The van der Waals surface area contributed by atoms with Crippen LogP contribution in [0, 0.1) is 11.8 Å². The highest BCUT2D eigenvalue weighted by Gasteiger charge is 2.88. The van der Waals surface area contributed by atoms with E-state index in [0.717, 1.165) is 5.01 Å². The van der Waals surface area contributed by atoms with E-state index in [0.29, 0.717) is 15.8 Å². The van der Waals surface area contributed by atoms with Gasteiger partial charge in [0, 0.05) is 16.1 Å². The molecule has 204 valence electrons. The summed E-state index contributed by atoms with van der Waals surface area (Å²) in [5.41, 5.74) is 0.238. The lowest BCUT2D eigenvalue weighted by Gasteiger charge is -2.36. The van der Waals surface area contributed by atoms with Crippen molar-refractivity contribution in [1.29, 1.82) is 0 Å². The SMILES string of the molecule is COc1ccc(C(=O)CN(C(=O)c2ccc(Cl)cc2)N2C(=O)[C@H]3[C@H](C2=O)[C@@]2(Cl)C(Cl)=C(Cl)[C@@]3(Cl)C2(Cl)Cl)cc1. The molecule has 1 aliphatic heterocycles. The molecule has 5 rings (SSSR count). The van der Waals surface area contributed by atoms with Gasteiger partial charge < -0.3 is 4.74 Å². The second kappa shape index (κ2) is 9.69. The Morgan fingerprint density at radius 3 is 1.74 bits per heavy atom. The number of ketones is 1. The Hall–Kier alpha value is -1.71. The number of rotatable bonds is 6. The van der Waals surface area contributed by atoms with Gasteiger partial charge in [0.25, 0.3) is 17.7 Å². The van der Waals surface area contributed by atoms with Crippen LogP contribution in [0.5, 0.6) is 5.75 Å². The number of fused-ring (bicyclic) bond motifs is 5. The van der Waals surface area contributed by atoms with Crippen LogP contribution in [0.25, 0.3) is 0 Å². The number of methoxy groups -OCH3 is 1. The van der Waals surface area contributed by atoms with Crippen LogP contribution in [0.15, 0.2) is 58.6 Å².